The van der Waals surface area contributed by atoms with Gasteiger partial charge in [-0.2, -0.15) is 13.9 Å². The number of benzene rings is 1. The van der Waals surface area contributed by atoms with Gasteiger partial charge in [0.2, 0.25) is 5.91 Å². The summed E-state index contributed by atoms with van der Waals surface area (Å²) in [4.78, 5) is 16.4. The minimum atomic E-state index is -2.86. The topological polar surface area (TPSA) is 69.0 Å². The number of rotatable bonds is 7. The summed E-state index contributed by atoms with van der Waals surface area (Å²) in [6.45, 7) is -0.620. The van der Waals surface area contributed by atoms with Crippen molar-refractivity contribution >= 4 is 34.0 Å². The van der Waals surface area contributed by atoms with Crippen molar-refractivity contribution in [2.75, 3.05) is 5.32 Å². The first-order valence-electron chi connectivity index (χ1n) is 7.91. The Balaban J connectivity index is 1.57. The molecule has 0 saturated heterocycles. The van der Waals surface area contributed by atoms with Gasteiger partial charge >= 0.3 is 6.61 Å². The van der Waals surface area contributed by atoms with Crippen LogP contribution in [0.25, 0.3) is 11.3 Å². The molecule has 3 rings (SSSR count). The second-order valence-corrected chi connectivity index (χ2v) is 6.81. The second kappa shape index (κ2) is 8.45. The molecule has 1 amide bonds. The van der Waals surface area contributed by atoms with Crippen molar-refractivity contribution in [3.63, 3.8) is 0 Å². The number of halogens is 3. The van der Waals surface area contributed by atoms with E-state index < -0.39 is 6.61 Å². The molecule has 1 aromatic carbocycles. The normalized spacial score (nSPS) is 11.0. The predicted octanol–water partition coefficient (Wildman–Crippen LogP) is 4.60. The largest absolute Gasteiger partial charge is 0.435 e. The quantitative estimate of drug-likeness (QED) is 0.615. The lowest BCUT2D eigenvalue weighted by Crippen LogP contribution is -2.15. The smallest absolute Gasteiger partial charge is 0.387 e. The highest BCUT2D eigenvalue weighted by Crippen LogP contribution is 2.27. The standard InChI is InChI=1S/C17H15ClF2N4O2S/c1-10-13(18)8-21-24(10)7-6-15(25)23-17-22-14(9-27-17)11-2-4-12(5-3-11)26-16(19)20/h2-5,8-9,16H,6-7H2,1H3,(H,22,23,25). The van der Waals surface area contributed by atoms with Crippen LogP contribution in [-0.2, 0) is 11.3 Å². The molecule has 3 aromatic rings. The SMILES string of the molecule is Cc1c(Cl)cnn1CCC(=O)Nc1nc(-c2ccc(OC(F)F)cc2)cs1. The first-order valence-corrected chi connectivity index (χ1v) is 9.16. The molecule has 0 fully saturated rings. The maximum Gasteiger partial charge on any atom is 0.387 e. The fourth-order valence-corrected chi connectivity index (χ4v) is 3.19. The zero-order chi connectivity index (χ0) is 19.4. The summed E-state index contributed by atoms with van der Waals surface area (Å²) in [6.07, 6.45) is 1.77. The molecule has 0 aliphatic rings. The van der Waals surface area contributed by atoms with Crippen LogP contribution in [0.2, 0.25) is 5.02 Å². The van der Waals surface area contributed by atoms with Crippen LogP contribution in [0.4, 0.5) is 13.9 Å². The van der Waals surface area contributed by atoms with Gasteiger partial charge in [-0.3, -0.25) is 9.48 Å². The lowest BCUT2D eigenvalue weighted by molar-refractivity contribution is -0.116. The van der Waals surface area contributed by atoms with Crippen molar-refractivity contribution in [1.29, 1.82) is 0 Å². The first-order chi connectivity index (χ1) is 12.9. The second-order valence-electron chi connectivity index (χ2n) is 5.54. The number of aryl methyl sites for hydroxylation is 1. The van der Waals surface area contributed by atoms with Gasteiger partial charge in [-0.1, -0.05) is 11.6 Å². The molecular formula is C17H15ClF2N4O2S. The Morgan fingerprint density at radius 3 is 2.74 bits per heavy atom. The van der Waals surface area contributed by atoms with Gasteiger partial charge in [0, 0.05) is 17.4 Å². The summed E-state index contributed by atoms with van der Waals surface area (Å²) in [5.41, 5.74) is 2.17. The molecule has 0 bridgehead atoms. The molecule has 0 radical (unpaired) electrons. The number of hydrogen-bond acceptors (Lipinski definition) is 5. The van der Waals surface area contributed by atoms with Crippen molar-refractivity contribution in [1.82, 2.24) is 14.8 Å². The number of carbonyl (C=O) groups excluding carboxylic acids is 1. The summed E-state index contributed by atoms with van der Waals surface area (Å²) in [7, 11) is 0. The monoisotopic (exact) mass is 412 g/mol. The van der Waals surface area contributed by atoms with E-state index in [1.165, 1.54) is 23.5 Å². The fourth-order valence-electron chi connectivity index (χ4n) is 2.31. The van der Waals surface area contributed by atoms with E-state index in [2.05, 4.69) is 20.1 Å². The van der Waals surface area contributed by atoms with Gasteiger partial charge < -0.3 is 10.1 Å². The molecule has 10 heteroatoms. The molecule has 2 heterocycles. The number of ether oxygens (including phenoxy) is 1. The maximum atomic E-state index is 12.2. The van der Waals surface area contributed by atoms with Crippen molar-refractivity contribution in [3.8, 4) is 17.0 Å². The number of alkyl halides is 2. The number of carbonyl (C=O) groups is 1. The average molecular weight is 413 g/mol. The molecule has 27 heavy (non-hydrogen) atoms. The Morgan fingerprint density at radius 1 is 1.37 bits per heavy atom. The minimum absolute atomic E-state index is 0.0755. The van der Waals surface area contributed by atoms with Gasteiger partial charge in [0.25, 0.3) is 0 Å². The number of anilines is 1. The van der Waals surface area contributed by atoms with E-state index in [4.69, 9.17) is 11.6 Å². The Morgan fingerprint density at radius 2 is 2.11 bits per heavy atom. The third kappa shape index (κ3) is 5.01. The summed E-state index contributed by atoms with van der Waals surface area (Å²) in [5.74, 6) is -0.117. The molecule has 1 N–H and O–H groups in total. The molecule has 2 aromatic heterocycles. The summed E-state index contributed by atoms with van der Waals surface area (Å²) < 4.78 is 30.3. The van der Waals surface area contributed by atoms with Crippen molar-refractivity contribution < 1.29 is 18.3 Å². The summed E-state index contributed by atoms with van der Waals surface area (Å²) in [6, 6.07) is 6.14. The number of aromatic nitrogens is 3. The number of nitrogens with one attached hydrogen (secondary N) is 1. The van der Waals surface area contributed by atoms with Gasteiger partial charge in [-0.25, -0.2) is 4.98 Å². The van der Waals surface area contributed by atoms with Crippen LogP contribution < -0.4 is 10.1 Å². The fraction of sp³-hybridized carbons (Fsp3) is 0.235. The minimum Gasteiger partial charge on any atom is -0.435 e. The molecule has 0 saturated carbocycles. The molecule has 0 aliphatic carbocycles. The number of thiazole rings is 1. The van der Waals surface area contributed by atoms with Crippen LogP contribution in [0.1, 0.15) is 12.1 Å². The van der Waals surface area contributed by atoms with E-state index in [1.54, 1.807) is 28.4 Å². The van der Waals surface area contributed by atoms with Gasteiger partial charge in [0.1, 0.15) is 5.75 Å². The Bertz CT molecular complexity index is 927. The van der Waals surface area contributed by atoms with Crippen LogP contribution in [0.15, 0.2) is 35.8 Å². The Labute approximate surface area is 162 Å². The molecule has 6 nitrogen and oxygen atoms in total. The third-order valence-corrected chi connectivity index (χ3v) is 4.85. The average Bonchev–Trinajstić information content (AvgIpc) is 3.21. The van der Waals surface area contributed by atoms with E-state index in [0.717, 1.165) is 11.3 Å². The summed E-state index contributed by atoms with van der Waals surface area (Å²) in [5, 5.41) is 9.62. The lowest BCUT2D eigenvalue weighted by Gasteiger charge is -2.05. The highest BCUT2D eigenvalue weighted by molar-refractivity contribution is 7.14. The number of amides is 1. The zero-order valence-electron chi connectivity index (χ0n) is 14.2. The first kappa shape index (κ1) is 19.2. The molecule has 0 aliphatic heterocycles. The molecule has 0 unspecified atom stereocenters. The maximum absolute atomic E-state index is 12.2. The van der Waals surface area contributed by atoms with E-state index in [1.807, 2.05) is 6.92 Å². The van der Waals surface area contributed by atoms with E-state index >= 15 is 0 Å². The summed E-state index contributed by atoms with van der Waals surface area (Å²) >= 11 is 7.21. The molecule has 142 valence electrons. The van der Waals surface area contributed by atoms with Gasteiger partial charge in [0.15, 0.2) is 5.13 Å². The number of hydrogen-bond donors (Lipinski definition) is 1. The van der Waals surface area contributed by atoms with E-state index in [0.29, 0.717) is 22.4 Å². The molecule has 0 atom stereocenters. The third-order valence-electron chi connectivity index (χ3n) is 3.72. The van der Waals surface area contributed by atoms with Crippen LogP contribution in [-0.4, -0.2) is 27.3 Å². The van der Waals surface area contributed by atoms with E-state index in [9.17, 15) is 13.6 Å². The van der Waals surface area contributed by atoms with E-state index in [-0.39, 0.29) is 18.1 Å². The van der Waals surface area contributed by atoms with Crippen molar-refractivity contribution in [3.05, 3.63) is 46.6 Å². The zero-order valence-corrected chi connectivity index (χ0v) is 15.7. The van der Waals surface area contributed by atoms with Crippen molar-refractivity contribution in [2.45, 2.75) is 26.5 Å². The highest BCUT2D eigenvalue weighted by Gasteiger charge is 2.11. The molecular weight excluding hydrogens is 398 g/mol. The van der Waals surface area contributed by atoms with Crippen molar-refractivity contribution in [2.24, 2.45) is 0 Å². The predicted molar refractivity (Wildman–Crippen MR) is 99.4 cm³/mol. The number of nitrogens with zero attached hydrogens (tertiary/aromatic N) is 3. The Kier molecular flexibility index (Phi) is 6.02. The highest BCUT2D eigenvalue weighted by atomic mass is 35.5. The molecule has 0 spiro atoms. The van der Waals surface area contributed by atoms with Gasteiger partial charge in [-0.15, -0.1) is 11.3 Å². The van der Waals surface area contributed by atoms with Gasteiger partial charge in [-0.05, 0) is 31.2 Å². The lowest BCUT2D eigenvalue weighted by atomic mass is 10.2. The van der Waals surface area contributed by atoms with Crippen LogP contribution >= 0.6 is 22.9 Å². The van der Waals surface area contributed by atoms with Gasteiger partial charge in [0.05, 0.1) is 29.2 Å². The van der Waals surface area contributed by atoms with Crippen LogP contribution in [0.5, 0.6) is 5.75 Å². The van der Waals surface area contributed by atoms with Crippen LogP contribution in [0, 0.1) is 6.92 Å². The van der Waals surface area contributed by atoms with Crippen LogP contribution in [0.3, 0.4) is 0 Å². The Hall–Kier alpha value is -2.52.